The minimum atomic E-state index is -1.000. The van der Waals surface area contributed by atoms with Crippen molar-refractivity contribution in [3.8, 4) is 0 Å². The number of anilines is 1. The zero-order valence-electron chi connectivity index (χ0n) is 15.1. The molecule has 2 aromatic heterocycles. The minimum Gasteiger partial charge on any atom is -0.477 e. The molecule has 141 valence electrons. The van der Waals surface area contributed by atoms with Gasteiger partial charge in [0.1, 0.15) is 5.69 Å². The maximum atomic E-state index is 10.4. The first kappa shape index (κ1) is 21.0. The number of rotatable bonds is 2. The Morgan fingerprint density at radius 2 is 1.96 bits per heavy atom. The first-order valence-corrected chi connectivity index (χ1v) is 8.80. The molecule has 1 N–H and O–H groups in total. The van der Waals surface area contributed by atoms with Gasteiger partial charge in [0.05, 0.1) is 16.9 Å². The molecule has 4 rings (SSSR count). The van der Waals surface area contributed by atoms with Crippen LogP contribution in [0.1, 0.15) is 15.5 Å². The number of carboxylic acid groups (broad SMARTS) is 1. The van der Waals surface area contributed by atoms with Crippen LogP contribution in [0, 0.1) is 13.0 Å². The summed E-state index contributed by atoms with van der Waals surface area (Å²) in [5.74, 6) is -1.000. The van der Waals surface area contributed by atoms with E-state index in [1.165, 1.54) is 22.3 Å². The van der Waals surface area contributed by atoms with Crippen LogP contribution in [-0.2, 0) is 20.1 Å². The summed E-state index contributed by atoms with van der Waals surface area (Å²) in [5, 5.41) is 12.0. The number of nitrogens with zero attached hydrogens (tertiary/aromatic N) is 3. The van der Waals surface area contributed by atoms with E-state index in [4.69, 9.17) is 5.11 Å². The van der Waals surface area contributed by atoms with Crippen LogP contribution in [0.2, 0.25) is 0 Å². The van der Waals surface area contributed by atoms with Crippen molar-refractivity contribution in [3.63, 3.8) is 0 Å². The Morgan fingerprint density at radius 1 is 1.19 bits per heavy atom. The van der Waals surface area contributed by atoms with Gasteiger partial charge in [-0.25, -0.2) is 9.78 Å². The van der Waals surface area contributed by atoms with E-state index in [0.717, 1.165) is 21.6 Å². The van der Waals surface area contributed by atoms with Gasteiger partial charge in [0.15, 0.2) is 0 Å². The Balaban J connectivity index is 0.000000190. The number of aryl methyl sites for hydroxylation is 1. The minimum absolute atomic E-state index is 0. The molecule has 2 heterocycles. The Hall–Kier alpha value is -2.34. The third-order valence-corrected chi connectivity index (χ3v) is 4.72. The van der Waals surface area contributed by atoms with E-state index in [0.29, 0.717) is 0 Å². The van der Waals surface area contributed by atoms with Crippen molar-refractivity contribution in [1.29, 1.82) is 0 Å². The van der Waals surface area contributed by atoms with Gasteiger partial charge in [0.25, 0.3) is 0 Å². The van der Waals surface area contributed by atoms with Crippen LogP contribution in [0.5, 0.6) is 0 Å². The molecule has 0 saturated heterocycles. The number of hydrogen-bond donors (Lipinski definition) is 1. The molecule has 0 atom stereocenters. The number of thiazole rings is 1. The number of hydrogen-bond acceptors (Lipinski definition) is 5. The summed E-state index contributed by atoms with van der Waals surface area (Å²) < 4.78 is 1.25. The van der Waals surface area contributed by atoms with Crippen LogP contribution < -0.4 is 4.90 Å². The fraction of sp³-hybridized carbons (Fsp3) is 0.150. The third kappa shape index (κ3) is 4.89. The predicted octanol–water partition coefficient (Wildman–Crippen LogP) is 4.40. The molecule has 0 amide bonds. The van der Waals surface area contributed by atoms with Crippen molar-refractivity contribution in [3.05, 3.63) is 65.4 Å². The number of carboxylic acids is 1. The third-order valence-electron chi connectivity index (χ3n) is 3.78. The Bertz CT molecular complexity index is 1060. The van der Waals surface area contributed by atoms with Crippen molar-refractivity contribution in [1.82, 2.24) is 9.97 Å². The zero-order valence-corrected chi connectivity index (χ0v) is 18.3. The van der Waals surface area contributed by atoms with Gasteiger partial charge < -0.3 is 10.0 Å². The average molecular weight is 557 g/mol. The molecule has 0 fully saturated rings. The summed E-state index contributed by atoms with van der Waals surface area (Å²) in [6.07, 6.45) is 1.53. The van der Waals surface area contributed by atoms with Gasteiger partial charge in [-0.15, -0.1) is 46.4 Å². The summed E-state index contributed by atoms with van der Waals surface area (Å²) in [4.78, 5) is 20.6. The van der Waals surface area contributed by atoms with E-state index in [1.54, 1.807) is 17.4 Å². The van der Waals surface area contributed by atoms with Gasteiger partial charge in [-0.3, -0.25) is 4.98 Å². The fourth-order valence-electron chi connectivity index (χ4n) is 2.47. The van der Waals surface area contributed by atoms with Gasteiger partial charge in [0.2, 0.25) is 0 Å². The van der Waals surface area contributed by atoms with Gasteiger partial charge >= 0.3 is 5.97 Å². The second kappa shape index (κ2) is 9.04. The molecular formula is C20H18IrN3O2S-. The second-order valence-electron chi connectivity index (χ2n) is 5.88. The van der Waals surface area contributed by atoms with Gasteiger partial charge in [-0.1, -0.05) is 12.1 Å². The number of pyridine rings is 1. The normalized spacial score (nSPS) is 10.0. The molecule has 5 nitrogen and oxygen atoms in total. The summed E-state index contributed by atoms with van der Waals surface area (Å²) in [7, 11) is 3.74. The van der Waals surface area contributed by atoms with Crippen LogP contribution in [0.4, 0.5) is 5.69 Å². The molecule has 1 radical (unpaired) electrons. The summed E-state index contributed by atoms with van der Waals surface area (Å²) in [5.41, 5.74) is 2.05. The Labute approximate surface area is 175 Å². The van der Waals surface area contributed by atoms with E-state index in [2.05, 4.69) is 34.2 Å². The maximum Gasteiger partial charge on any atom is 0.354 e. The molecular weight excluding hydrogens is 539 g/mol. The van der Waals surface area contributed by atoms with Crippen LogP contribution >= 0.6 is 11.3 Å². The Morgan fingerprint density at radius 3 is 2.59 bits per heavy atom. The molecule has 4 aromatic rings. The standard InChI is InChI=1S/C12H8NS.C8H10N2O2.Ir/c1-8-13-12-10-5-3-2-4-9(10)6-7-11(12)14-8;1-10(2)6-3-4-7(8(11)12)9-5-6;/h2-4,6-7H,1H3;3-5H,1-2H3,(H,11,12);/q-1;;. The van der Waals surface area contributed by atoms with Crippen LogP contribution in [-0.4, -0.2) is 35.1 Å². The molecule has 0 aliphatic rings. The van der Waals surface area contributed by atoms with Gasteiger partial charge in [-0.2, -0.15) is 0 Å². The van der Waals surface area contributed by atoms with Crippen LogP contribution in [0.15, 0.2) is 48.7 Å². The van der Waals surface area contributed by atoms with Crippen LogP contribution in [0.3, 0.4) is 0 Å². The predicted molar refractivity (Wildman–Crippen MR) is 106 cm³/mol. The molecule has 0 unspecified atom stereocenters. The zero-order chi connectivity index (χ0) is 18.7. The monoisotopic (exact) mass is 557 g/mol. The average Bonchev–Trinajstić information content (AvgIpc) is 3.03. The van der Waals surface area contributed by atoms with Crippen molar-refractivity contribution in [2.45, 2.75) is 6.92 Å². The Kier molecular flexibility index (Phi) is 7.02. The number of fused-ring (bicyclic) bond motifs is 3. The SMILES string of the molecule is CN(C)c1ccc(C(=O)O)nc1.Cc1nc2c(ccc3ccc[c-]c32)s1.[Ir]. The van der Waals surface area contributed by atoms with Crippen molar-refractivity contribution >= 4 is 44.0 Å². The van der Waals surface area contributed by atoms with E-state index < -0.39 is 5.97 Å². The fourth-order valence-corrected chi connectivity index (χ4v) is 3.31. The summed E-state index contributed by atoms with van der Waals surface area (Å²) in [6, 6.07) is 16.8. The van der Waals surface area contributed by atoms with E-state index in [1.807, 2.05) is 38.1 Å². The number of benzene rings is 2. The van der Waals surface area contributed by atoms with Crippen molar-refractivity contribution < 1.29 is 30.0 Å². The molecule has 7 heteroatoms. The van der Waals surface area contributed by atoms with E-state index in [-0.39, 0.29) is 25.8 Å². The first-order valence-electron chi connectivity index (χ1n) is 7.99. The quantitative estimate of drug-likeness (QED) is 0.371. The van der Waals surface area contributed by atoms with Gasteiger partial charge in [-0.05, 0) is 19.1 Å². The molecule has 0 aliphatic carbocycles. The topological polar surface area (TPSA) is 66.3 Å². The van der Waals surface area contributed by atoms with E-state index in [9.17, 15) is 4.79 Å². The smallest absolute Gasteiger partial charge is 0.354 e. The number of aromatic nitrogens is 2. The first-order chi connectivity index (χ1) is 12.5. The van der Waals surface area contributed by atoms with E-state index >= 15 is 0 Å². The largest absolute Gasteiger partial charge is 0.477 e. The number of carbonyl (C=O) groups is 1. The molecule has 27 heavy (non-hydrogen) atoms. The molecule has 0 bridgehead atoms. The summed E-state index contributed by atoms with van der Waals surface area (Å²) >= 11 is 1.74. The van der Waals surface area contributed by atoms with Crippen molar-refractivity contribution in [2.24, 2.45) is 0 Å². The molecule has 2 aromatic carbocycles. The summed E-state index contributed by atoms with van der Waals surface area (Å²) in [6.45, 7) is 2.04. The van der Waals surface area contributed by atoms with Crippen molar-refractivity contribution in [2.75, 3.05) is 19.0 Å². The second-order valence-corrected chi connectivity index (χ2v) is 7.12. The molecule has 0 saturated carbocycles. The van der Waals surface area contributed by atoms with Gasteiger partial charge in [0, 0.05) is 44.4 Å². The maximum absolute atomic E-state index is 10.4. The molecule has 0 aliphatic heterocycles. The molecule has 0 spiro atoms. The number of aromatic carboxylic acids is 1. The van der Waals surface area contributed by atoms with Crippen LogP contribution in [0.25, 0.3) is 21.0 Å².